The van der Waals surface area contributed by atoms with Crippen molar-refractivity contribution in [3.63, 3.8) is 0 Å². The molecule has 8 nitrogen and oxygen atoms in total. The van der Waals surface area contributed by atoms with E-state index in [1.165, 1.54) is 0 Å². The number of hydrogen-bond acceptors (Lipinski definition) is 6. The molecule has 1 aliphatic heterocycles. The first-order chi connectivity index (χ1) is 18.8. The molecule has 4 N–H and O–H groups in total. The van der Waals surface area contributed by atoms with Gasteiger partial charge >= 0.3 is 0 Å². The van der Waals surface area contributed by atoms with Crippen LogP contribution in [0.2, 0.25) is 0 Å². The van der Waals surface area contributed by atoms with Gasteiger partial charge in [0.25, 0.3) is 11.8 Å². The highest BCUT2D eigenvalue weighted by Gasteiger charge is 2.41. The number of hydrogen-bond donors (Lipinski definition) is 3. The van der Waals surface area contributed by atoms with Gasteiger partial charge in [-0.05, 0) is 94.0 Å². The quantitative estimate of drug-likeness (QED) is 0.377. The van der Waals surface area contributed by atoms with Crippen LogP contribution in [0.5, 0.6) is 0 Å². The third kappa shape index (κ3) is 5.80. The number of nitrogens with zero attached hydrogens (tertiary/aromatic N) is 2. The number of aromatic nitrogens is 1. The normalized spacial score (nSPS) is 22.5. The predicted molar refractivity (Wildman–Crippen MR) is 153 cm³/mol. The van der Waals surface area contributed by atoms with Crippen molar-refractivity contribution in [1.29, 1.82) is 0 Å². The Bertz CT molecular complexity index is 1240. The molecule has 3 atom stereocenters. The van der Waals surface area contributed by atoms with Gasteiger partial charge in [-0.1, -0.05) is 13.8 Å². The van der Waals surface area contributed by atoms with Crippen molar-refractivity contribution in [3.8, 4) is 0 Å². The van der Waals surface area contributed by atoms with Gasteiger partial charge in [-0.3, -0.25) is 14.4 Å². The highest BCUT2D eigenvalue weighted by atomic mass is 16.2. The Kier molecular flexibility index (Phi) is 7.91. The summed E-state index contributed by atoms with van der Waals surface area (Å²) in [5, 5.41) is 6.70. The van der Waals surface area contributed by atoms with E-state index in [1.807, 2.05) is 19.1 Å². The van der Waals surface area contributed by atoms with Gasteiger partial charge in [0.05, 0.1) is 5.56 Å². The Balaban J connectivity index is 1.29. The third-order valence-corrected chi connectivity index (χ3v) is 8.86. The molecule has 1 aromatic heterocycles. The van der Waals surface area contributed by atoms with E-state index < -0.39 is 5.91 Å². The summed E-state index contributed by atoms with van der Waals surface area (Å²) in [6, 6.07) is 7.99. The summed E-state index contributed by atoms with van der Waals surface area (Å²) >= 11 is 0. The fraction of sp³-hybridized carbons (Fsp3) is 0.548. The molecule has 39 heavy (non-hydrogen) atoms. The van der Waals surface area contributed by atoms with Crippen LogP contribution in [-0.2, 0) is 0 Å². The zero-order valence-electron chi connectivity index (χ0n) is 23.3. The van der Waals surface area contributed by atoms with Crippen molar-refractivity contribution in [2.24, 2.45) is 17.6 Å². The highest BCUT2D eigenvalue weighted by molar-refractivity contribution is 6.03. The van der Waals surface area contributed by atoms with E-state index in [0.717, 1.165) is 69.3 Å². The maximum Gasteiger partial charge on any atom is 0.251 e. The molecule has 5 rings (SSSR count). The minimum Gasteiger partial charge on any atom is -0.382 e. The number of pyridine rings is 1. The smallest absolute Gasteiger partial charge is 0.251 e. The van der Waals surface area contributed by atoms with Crippen LogP contribution in [0.3, 0.4) is 0 Å². The molecule has 8 heteroatoms. The monoisotopic (exact) mass is 531 g/mol. The van der Waals surface area contributed by atoms with Gasteiger partial charge in [0, 0.05) is 53.6 Å². The topological polar surface area (TPSA) is 117 Å². The van der Waals surface area contributed by atoms with Crippen molar-refractivity contribution < 1.29 is 14.4 Å². The number of fused-ring (bicyclic) bond motifs is 1. The molecule has 3 fully saturated rings. The maximum atomic E-state index is 13.5. The number of anilines is 2. The fourth-order valence-corrected chi connectivity index (χ4v) is 6.42. The van der Waals surface area contributed by atoms with Crippen molar-refractivity contribution in [3.05, 3.63) is 52.7 Å². The Morgan fingerprint density at radius 3 is 2.49 bits per heavy atom. The van der Waals surface area contributed by atoms with Gasteiger partial charge in [-0.2, -0.15) is 0 Å². The Morgan fingerprint density at radius 2 is 1.85 bits per heavy atom. The SMILES string of the molecule is CCC(CC)Nc1cc(C(=O)NC2CC3CCCN(c4ccc(C(=O)C5CC5)cn4)C3C2)c(C)cc1C(N)=O. The summed E-state index contributed by atoms with van der Waals surface area (Å²) in [5.41, 5.74) is 8.70. The second-order valence-electron chi connectivity index (χ2n) is 11.6. The average Bonchev–Trinajstić information content (AvgIpc) is 3.70. The average molecular weight is 532 g/mol. The molecular formula is C31H41N5O3. The molecule has 2 saturated carbocycles. The van der Waals surface area contributed by atoms with Crippen LogP contribution in [0.25, 0.3) is 0 Å². The summed E-state index contributed by atoms with van der Waals surface area (Å²) in [6.07, 6.45) is 9.55. The molecule has 2 heterocycles. The number of piperidine rings is 1. The molecule has 3 unspecified atom stereocenters. The number of carbonyl (C=O) groups excluding carboxylic acids is 3. The zero-order chi connectivity index (χ0) is 27.7. The van der Waals surface area contributed by atoms with Crippen LogP contribution in [0, 0.1) is 18.8 Å². The molecule has 2 aliphatic carbocycles. The molecule has 1 saturated heterocycles. The fourth-order valence-electron chi connectivity index (χ4n) is 6.42. The van der Waals surface area contributed by atoms with Crippen molar-refractivity contribution in [2.75, 3.05) is 16.8 Å². The van der Waals surface area contributed by atoms with Crippen LogP contribution in [-0.4, -0.2) is 47.3 Å². The zero-order valence-corrected chi connectivity index (χ0v) is 23.3. The van der Waals surface area contributed by atoms with Crippen LogP contribution >= 0.6 is 0 Å². The van der Waals surface area contributed by atoms with Gasteiger partial charge in [-0.25, -0.2) is 4.98 Å². The van der Waals surface area contributed by atoms with Gasteiger partial charge in [-0.15, -0.1) is 0 Å². The van der Waals surface area contributed by atoms with E-state index in [4.69, 9.17) is 5.73 Å². The number of aryl methyl sites for hydroxylation is 1. The van der Waals surface area contributed by atoms with E-state index in [1.54, 1.807) is 18.3 Å². The molecule has 0 bridgehead atoms. The number of primary amides is 1. The van der Waals surface area contributed by atoms with Crippen molar-refractivity contribution in [2.45, 2.75) is 90.3 Å². The van der Waals surface area contributed by atoms with E-state index in [0.29, 0.717) is 34.3 Å². The number of carbonyl (C=O) groups is 3. The molecular weight excluding hydrogens is 490 g/mol. The summed E-state index contributed by atoms with van der Waals surface area (Å²) in [7, 11) is 0. The first kappa shape index (κ1) is 27.2. The number of amides is 2. The summed E-state index contributed by atoms with van der Waals surface area (Å²) < 4.78 is 0. The second-order valence-corrected chi connectivity index (χ2v) is 11.6. The lowest BCUT2D eigenvalue weighted by atomic mass is 9.92. The molecule has 208 valence electrons. The first-order valence-electron chi connectivity index (χ1n) is 14.6. The maximum absolute atomic E-state index is 13.5. The molecule has 2 amide bonds. The number of nitrogens with one attached hydrogen (secondary N) is 2. The van der Waals surface area contributed by atoms with Crippen LogP contribution in [0.4, 0.5) is 11.5 Å². The summed E-state index contributed by atoms with van der Waals surface area (Å²) in [5.74, 6) is 1.19. The molecule has 0 radical (unpaired) electrons. The first-order valence-corrected chi connectivity index (χ1v) is 14.6. The van der Waals surface area contributed by atoms with Crippen LogP contribution in [0.1, 0.15) is 102 Å². The lowest BCUT2D eigenvalue weighted by Crippen LogP contribution is -2.43. The van der Waals surface area contributed by atoms with Gasteiger partial charge in [0.15, 0.2) is 5.78 Å². The standard InChI is InChI=1S/C31H41N5O3/c1-4-22(5-2)34-26-16-24(18(3)13-25(26)30(32)38)31(39)35-23-14-20-7-6-12-36(27(20)15-23)28-11-10-21(17-33-28)29(37)19-8-9-19/h10-11,13,16-17,19-20,22-23,27,34H,4-9,12,14-15H2,1-3H3,(H2,32,38)(H,35,39). The summed E-state index contributed by atoms with van der Waals surface area (Å²) in [6.45, 7) is 6.96. The minimum absolute atomic E-state index is 0.0643. The summed E-state index contributed by atoms with van der Waals surface area (Å²) in [4.78, 5) is 45.1. The van der Waals surface area contributed by atoms with Crippen LogP contribution < -0.4 is 21.3 Å². The van der Waals surface area contributed by atoms with E-state index in [-0.39, 0.29) is 29.7 Å². The van der Waals surface area contributed by atoms with E-state index in [9.17, 15) is 14.4 Å². The second kappa shape index (κ2) is 11.4. The van der Waals surface area contributed by atoms with Crippen molar-refractivity contribution in [1.82, 2.24) is 10.3 Å². The minimum atomic E-state index is -0.503. The molecule has 0 spiro atoms. The van der Waals surface area contributed by atoms with Gasteiger partial charge in [0.2, 0.25) is 0 Å². The largest absolute Gasteiger partial charge is 0.382 e. The highest BCUT2D eigenvalue weighted by Crippen LogP contribution is 2.39. The third-order valence-electron chi connectivity index (χ3n) is 8.86. The van der Waals surface area contributed by atoms with Crippen LogP contribution in [0.15, 0.2) is 30.5 Å². The number of Topliss-reactive ketones (excluding diaryl/α,β-unsaturated/α-hetero) is 1. The number of rotatable bonds is 10. The number of nitrogens with two attached hydrogens (primary N) is 1. The van der Waals surface area contributed by atoms with E-state index >= 15 is 0 Å². The Hall–Kier alpha value is -3.42. The van der Waals surface area contributed by atoms with Gasteiger partial charge in [0.1, 0.15) is 5.82 Å². The Morgan fingerprint density at radius 1 is 1.08 bits per heavy atom. The Labute approximate surface area is 231 Å². The number of ketones is 1. The lowest BCUT2D eigenvalue weighted by Gasteiger charge is -2.38. The van der Waals surface area contributed by atoms with Crippen molar-refractivity contribution >= 4 is 29.1 Å². The lowest BCUT2D eigenvalue weighted by molar-refractivity contribution is 0.0933. The van der Waals surface area contributed by atoms with Gasteiger partial charge < -0.3 is 21.3 Å². The predicted octanol–water partition coefficient (Wildman–Crippen LogP) is 4.86. The molecule has 3 aliphatic rings. The molecule has 1 aromatic carbocycles. The number of benzene rings is 1. The van der Waals surface area contributed by atoms with E-state index in [2.05, 4.69) is 34.4 Å². The molecule has 2 aromatic rings.